The first-order valence-electron chi connectivity index (χ1n) is 5.76. The fourth-order valence-electron chi connectivity index (χ4n) is 2.35. The molecule has 0 saturated heterocycles. The second-order valence-corrected chi connectivity index (χ2v) is 5.42. The number of nitrogens with one attached hydrogen (secondary N) is 1. The largest absolute Gasteiger partial charge is 0.465 e. The highest BCUT2D eigenvalue weighted by atomic mass is 32.1. The third-order valence-electron chi connectivity index (χ3n) is 3.31. The first-order valence-corrected chi connectivity index (χ1v) is 6.64. The van der Waals surface area contributed by atoms with E-state index in [1.54, 1.807) is 11.3 Å². The van der Waals surface area contributed by atoms with Crippen LogP contribution in [0.1, 0.15) is 18.2 Å². The van der Waals surface area contributed by atoms with Crippen molar-refractivity contribution in [2.24, 2.45) is 0 Å². The summed E-state index contributed by atoms with van der Waals surface area (Å²) in [5, 5.41) is 18.6. The van der Waals surface area contributed by atoms with E-state index in [0.29, 0.717) is 13.0 Å². The monoisotopic (exact) mass is 263 g/mol. The van der Waals surface area contributed by atoms with Gasteiger partial charge in [-0.3, -0.25) is 5.10 Å². The van der Waals surface area contributed by atoms with Crippen molar-refractivity contribution in [3.8, 4) is 10.6 Å². The summed E-state index contributed by atoms with van der Waals surface area (Å²) < 4.78 is 0. The van der Waals surface area contributed by atoms with Gasteiger partial charge in [-0.05, 0) is 18.4 Å². The van der Waals surface area contributed by atoms with Crippen LogP contribution >= 0.6 is 11.3 Å². The minimum absolute atomic E-state index is 0.00774. The number of rotatable bonds is 1. The lowest BCUT2D eigenvalue weighted by molar-refractivity contribution is 0.119. The van der Waals surface area contributed by atoms with E-state index >= 15 is 0 Å². The van der Waals surface area contributed by atoms with Crippen LogP contribution in [0.3, 0.4) is 0 Å². The molecule has 1 amide bonds. The van der Waals surface area contributed by atoms with Crippen molar-refractivity contribution in [2.75, 3.05) is 0 Å². The molecule has 0 bridgehead atoms. The Hall–Kier alpha value is -1.82. The van der Waals surface area contributed by atoms with Gasteiger partial charge in [0.15, 0.2) is 0 Å². The molecule has 0 aromatic carbocycles. The number of H-pyrrole nitrogens is 1. The number of amides is 1. The predicted molar refractivity (Wildman–Crippen MR) is 68.6 cm³/mol. The predicted octanol–water partition coefficient (Wildman–Crippen LogP) is 2.56. The summed E-state index contributed by atoms with van der Waals surface area (Å²) in [6.07, 6.45) is -0.175. The molecule has 0 fully saturated rings. The Kier molecular flexibility index (Phi) is 2.59. The molecule has 3 heterocycles. The van der Waals surface area contributed by atoms with Crippen molar-refractivity contribution in [1.82, 2.24) is 15.1 Å². The van der Waals surface area contributed by atoms with Crippen molar-refractivity contribution in [3.63, 3.8) is 0 Å². The summed E-state index contributed by atoms with van der Waals surface area (Å²) >= 11 is 1.62. The molecule has 1 aliphatic heterocycles. The molecule has 18 heavy (non-hydrogen) atoms. The number of thiophene rings is 1. The van der Waals surface area contributed by atoms with Gasteiger partial charge in [-0.1, -0.05) is 6.07 Å². The minimum Gasteiger partial charge on any atom is -0.465 e. The Balaban J connectivity index is 2.02. The van der Waals surface area contributed by atoms with E-state index in [1.807, 2.05) is 24.4 Å². The van der Waals surface area contributed by atoms with Crippen LogP contribution in [0.5, 0.6) is 0 Å². The molecule has 6 heteroatoms. The van der Waals surface area contributed by atoms with E-state index in [9.17, 15) is 9.90 Å². The highest BCUT2D eigenvalue weighted by Crippen LogP contribution is 2.32. The number of carboxylic acid groups (broad SMARTS) is 1. The van der Waals surface area contributed by atoms with Gasteiger partial charge in [0, 0.05) is 23.7 Å². The van der Waals surface area contributed by atoms with E-state index in [-0.39, 0.29) is 6.04 Å². The molecule has 94 valence electrons. The number of hydrogen-bond acceptors (Lipinski definition) is 3. The zero-order chi connectivity index (χ0) is 12.7. The average molecular weight is 263 g/mol. The van der Waals surface area contributed by atoms with Gasteiger partial charge in [-0.15, -0.1) is 11.3 Å². The van der Waals surface area contributed by atoms with Gasteiger partial charge in [0.05, 0.1) is 11.4 Å². The van der Waals surface area contributed by atoms with Gasteiger partial charge in [-0.25, -0.2) is 4.79 Å². The van der Waals surface area contributed by atoms with Crippen LogP contribution < -0.4 is 0 Å². The molecular weight excluding hydrogens is 250 g/mol. The van der Waals surface area contributed by atoms with Gasteiger partial charge in [0.25, 0.3) is 0 Å². The van der Waals surface area contributed by atoms with E-state index in [0.717, 1.165) is 21.8 Å². The SMILES string of the molecule is C[C@H]1Cc2[nH]nc(-c3cccs3)c2CN1C(=O)O. The van der Waals surface area contributed by atoms with Gasteiger partial charge in [0.2, 0.25) is 0 Å². The third-order valence-corrected chi connectivity index (χ3v) is 4.19. The fourth-order valence-corrected chi connectivity index (χ4v) is 3.09. The molecule has 2 aromatic rings. The number of fused-ring (bicyclic) bond motifs is 1. The topological polar surface area (TPSA) is 69.2 Å². The molecule has 0 radical (unpaired) electrons. The molecule has 2 N–H and O–H groups in total. The van der Waals surface area contributed by atoms with E-state index < -0.39 is 6.09 Å². The summed E-state index contributed by atoms with van der Waals surface area (Å²) in [6, 6.07) is 3.97. The van der Waals surface area contributed by atoms with Crippen LogP contribution in [0.2, 0.25) is 0 Å². The second kappa shape index (κ2) is 4.13. The van der Waals surface area contributed by atoms with E-state index in [2.05, 4.69) is 10.2 Å². The van der Waals surface area contributed by atoms with Gasteiger partial charge in [0.1, 0.15) is 5.69 Å². The number of carbonyl (C=O) groups is 1. The Morgan fingerprint density at radius 2 is 2.50 bits per heavy atom. The number of aromatic amines is 1. The van der Waals surface area contributed by atoms with Gasteiger partial charge >= 0.3 is 6.09 Å². The highest BCUT2D eigenvalue weighted by molar-refractivity contribution is 7.13. The maximum atomic E-state index is 11.2. The first kappa shape index (κ1) is 11.3. The smallest absolute Gasteiger partial charge is 0.407 e. The molecule has 0 unspecified atom stereocenters. The molecule has 3 rings (SSSR count). The average Bonchev–Trinajstić information content (AvgIpc) is 2.94. The molecular formula is C12H13N3O2S. The molecule has 5 nitrogen and oxygen atoms in total. The van der Waals surface area contributed by atoms with E-state index in [1.165, 1.54) is 4.90 Å². The summed E-state index contributed by atoms with van der Waals surface area (Å²) in [7, 11) is 0. The van der Waals surface area contributed by atoms with Crippen molar-refractivity contribution in [3.05, 3.63) is 28.8 Å². The lowest BCUT2D eigenvalue weighted by Crippen LogP contribution is -2.41. The molecule has 0 spiro atoms. The Labute approximate surface area is 108 Å². The number of hydrogen-bond donors (Lipinski definition) is 2. The molecule has 1 atom stereocenters. The highest BCUT2D eigenvalue weighted by Gasteiger charge is 2.30. The maximum absolute atomic E-state index is 11.2. The van der Waals surface area contributed by atoms with Gasteiger partial charge in [-0.2, -0.15) is 5.10 Å². The quantitative estimate of drug-likeness (QED) is 0.830. The maximum Gasteiger partial charge on any atom is 0.407 e. The fraction of sp³-hybridized carbons (Fsp3) is 0.333. The summed E-state index contributed by atoms with van der Waals surface area (Å²) in [6.45, 7) is 2.33. The first-order chi connectivity index (χ1) is 8.66. The normalized spacial score (nSPS) is 18.7. The lowest BCUT2D eigenvalue weighted by Gasteiger charge is -2.30. The summed E-state index contributed by atoms with van der Waals surface area (Å²) in [5.74, 6) is 0. The number of aromatic nitrogens is 2. The third kappa shape index (κ3) is 1.69. The van der Waals surface area contributed by atoms with E-state index in [4.69, 9.17) is 0 Å². The molecule has 1 aliphatic rings. The second-order valence-electron chi connectivity index (χ2n) is 4.47. The van der Waals surface area contributed by atoms with Crippen LogP contribution in [-0.2, 0) is 13.0 Å². The Morgan fingerprint density at radius 1 is 1.67 bits per heavy atom. The Bertz CT molecular complexity index is 576. The van der Waals surface area contributed by atoms with Crippen LogP contribution in [0.15, 0.2) is 17.5 Å². The van der Waals surface area contributed by atoms with Crippen LogP contribution in [0.4, 0.5) is 4.79 Å². The lowest BCUT2D eigenvalue weighted by atomic mass is 10.00. The molecule has 2 aromatic heterocycles. The van der Waals surface area contributed by atoms with Crippen molar-refractivity contribution >= 4 is 17.4 Å². The van der Waals surface area contributed by atoms with Crippen molar-refractivity contribution < 1.29 is 9.90 Å². The van der Waals surface area contributed by atoms with Crippen LogP contribution in [0.25, 0.3) is 10.6 Å². The van der Waals surface area contributed by atoms with Crippen molar-refractivity contribution in [1.29, 1.82) is 0 Å². The summed E-state index contributed by atoms with van der Waals surface area (Å²) in [5.41, 5.74) is 2.96. The van der Waals surface area contributed by atoms with Crippen LogP contribution in [0, 0.1) is 0 Å². The standard InChI is InChI=1S/C12H13N3O2S/c1-7-5-9-8(6-15(7)12(16)17)11(14-13-9)10-3-2-4-18-10/h2-4,7H,5-6H2,1H3,(H,13,14)(H,16,17)/t7-/m0/s1. The number of nitrogens with zero attached hydrogens (tertiary/aromatic N) is 2. The van der Waals surface area contributed by atoms with Crippen molar-refractivity contribution in [2.45, 2.75) is 25.9 Å². The van der Waals surface area contributed by atoms with Crippen LogP contribution in [-0.4, -0.2) is 32.3 Å². The minimum atomic E-state index is -0.869. The summed E-state index contributed by atoms with van der Waals surface area (Å²) in [4.78, 5) is 13.7. The van der Waals surface area contributed by atoms with Gasteiger partial charge < -0.3 is 10.0 Å². The molecule has 0 aliphatic carbocycles. The zero-order valence-corrected chi connectivity index (χ0v) is 10.7. The zero-order valence-electron chi connectivity index (χ0n) is 9.88. The Morgan fingerprint density at radius 3 is 3.17 bits per heavy atom. The molecule has 0 saturated carbocycles.